The molecule has 0 aliphatic heterocycles. The zero-order chi connectivity index (χ0) is 24.1. The maximum absolute atomic E-state index is 12.8. The van der Waals surface area contributed by atoms with E-state index in [-0.39, 0.29) is 18.3 Å². The van der Waals surface area contributed by atoms with Crippen LogP contribution in [-0.4, -0.2) is 21.6 Å². The number of amides is 2. The summed E-state index contributed by atoms with van der Waals surface area (Å²) in [5, 5.41) is 4.97. The van der Waals surface area contributed by atoms with Crippen molar-refractivity contribution < 1.29 is 18.7 Å². The van der Waals surface area contributed by atoms with Crippen molar-refractivity contribution in [3.8, 4) is 11.4 Å². The summed E-state index contributed by atoms with van der Waals surface area (Å²) in [5.74, 6) is 0.135. The molecular formula is C25H23ClN4O4. The van der Waals surface area contributed by atoms with Crippen LogP contribution in [0.25, 0.3) is 5.69 Å². The predicted molar refractivity (Wildman–Crippen MR) is 127 cm³/mol. The van der Waals surface area contributed by atoms with Crippen molar-refractivity contribution in [2.45, 2.75) is 26.4 Å². The van der Waals surface area contributed by atoms with E-state index < -0.39 is 11.8 Å². The molecule has 0 unspecified atom stereocenters. The Kier molecular flexibility index (Phi) is 6.98. The van der Waals surface area contributed by atoms with Gasteiger partial charge in [0.1, 0.15) is 18.1 Å². The number of furan rings is 1. The number of benzene rings is 2. The maximum atomic E-state index is 12.8. The number of ether oxygens (including phenoxy) is 1. The second kappa shape index (κ2) is 10.3. The molecular weight excluding hydrogens is 456 g/mol. The SMILES string of the molecule is CC(C)c1c(C(=O)NNC(=O)c2ccc(COc3ccccc3)o2)cnn1-c1ccc(Cl)cc1. The monoisotopic (exact) mass is 478 g/mol. The number of rotatable bonds is 7. The first-order valence-electron chi connectivity index (χ1n) is 10.6. The number of halogens is 1. The van der Waals surface area contributed by atoms with Crippen LogP contribution in [0.15, 0.2) is 77.3 Å². The number of carbonyl (C=O) groups excluding carboxylic acids is 2. The summed E-state index contributed by atoms with van der Waals surface area (Å²) in [4.78, 5) is 25.3. The number of aromatic nitrogens is 2. The van der Waals surface area contributed by atoms with Gasteiger partial charge in [-0.2, -0.15) is 5.10 Å². The van der Waals surface area contributed by atoms with Crippen molar-refractivity contribution in [1.82, 2.24) is 20.6 Å². The third-order valence-corrected chi connectivity index (χ3v) is 5.22. The molecule has 174 valence electrons. The van der Waals surface area contributed by atoms with Gasteiger partial charge in [-0.25, -0.2) is 4.68 Å². The fourth-order valence-corrected chi connectivity index (χ4v) is 3.49. The fourth-order valence-electron chi connectivity index (χ4n) is 3.37. The fraction of sp³-hybridized carbons (Fsp3) is 0.160. The van der Waals surface area contributed by atoms with Crippen LogP contribution in [0, 0.1) is 0 Å². The van der Waals surface area contributed by atoms with Gasteiger partial charge in [0.2, 0.25) is 0 Å². The highest BCUT2D eigenvalue weighted by atomic mass is 35.5. The molecule has 2 aromatic carbocycles. The van der Waals surface area contributed by atoms with E-state index in [1.54, 1.807) is 22.9 Å². The number of carbonyl (C=O) groups is 2. The quantitative estimate of drug-likeness (QED) is 0.368. The Morgan fingerprint density at radius 3 is 2.41 bits per heavy atom. The van der Waals surface area contributed by atoms with Gasteiger partial charge >= 0.3 is 5.91 Å². The van der Waals surface area contributed by atoms with Gasteiger partial charge in [0.05, 0.1) is 23.1 Å². The molecule has 2 amide bonds. The minimum Gasteiger partial charge on any atom is -0.486 e. The van der Waals surface area contributed by atoms with Gasteiger partial charge in [0, 0.05) is 5.02 Å². The lowest BCUT2D eigenvalue weighted by atomic mass is 10.1. The minimum absolute atomic E-state index is 0.00752. The second-order valence-electron chi connectivity index (χ2n) is 7.76. The third-order valence-electron chi connectivity index (χ3n) is 4.97. The average molecular weight is 479 g/mol. The van der Waals surface area contributed by atoms with E-state index in [9.17, 15) is 9.59 Å². The van der Waals surface area contributed by atoms with Gasteiger partial charge in [-0.05, 0) is 54.4 Å². The van der Waals surface area contributed by atoms with Crippen molar-refractivity contribution in [3.05, 3.63) is 101 Å². The predicted octanol–water partition coefficient (Wildman–Crippen LogP) is 4.90. The molecule has 4 aromatic rings. The van der Waals surface area contributed by atoms with Crippen molar-refractivity contribution >= 4 is 23.4 Å². The molecule has 0 bridgehead atoms. The lowest BCUT2D eigenvalue weighted by Gasteiger charge is -2.13. The number of hydrazine groups is 1. The molecule has 0 saturated heterocycles. The van der Waals surface area contributed by atoms with Crippen LogP contribution in [0.1, 0.15) is 52.1 Å². The van der Waals surface area contributed by atoms with Crippen molar-refractivity contribution in [1.29, 1.82) is 0 Å². The molecule has 0 atom stereocenters. The van der Waals surface area contributed by atoms with E-state index in [1.165, 1.54) is 12.3 Å². The number of hydrogen-bond donors (Lipinski definition) is 2. The lowest BCUT2D eigenvalue weighted by Crippen LogP contribution is -2.41. The molecule has 2 heterocycles. The van der Waals surface area contributed by atoms with Crippen LogP contribution in [0.5, 0.6) is 5.75 Å². The van der Waals surface area contributed by atoms with Gasteiger partial charge in [-0.15, -0.1) is 0 Å². The molecule has 0 spiro atoms. The smallest absolute Gasteiger partial charge is 0.305 e. The van der Waals surface area contributed by atoms with Crippen molar-refractivity contribution in [2.24, 2.45) is 0 Å². The number of para-hydroxylation sites is 1. The van der Waals surface area contributed by atoms with Crippen LogP contribution in [0.2, 0.25) is 5.02 Å². The average Bonchev–Trinajstić information content (AvgIpc) is 3.50. The van der Waals surface area contributed by atoms with Crippen molar-refractivity contribution in [2.75, 3.05) is 0 Å². The van der Waals surface area contributed by atoms with Gasteiger partial charge in [0.25, 0.3) is 5.91 Å². The molecule has 2 aromatic heterocycles. The molecule has 8 nitrogen and oxygen atoms in total. The third kappa shape index (κ3) is 5.29. The molecule has 9 heteroatoms. The summed E-state index contributed by atoms with van der Waals surface area (Å²) in [7, 11) is 0. The summed E-state index contributed by atoms with van der Waals surface area (Å²) in [6, 6.07) is 19.6. The highest BCUT2D eigenvalue weighted by Gasteiger charge is 2.22. The minimum atomic E-state index is -0.587. The van der Waals surface area contributed by atoms with E-state index in [2.05, 4.69) is 16.0 Å². The summed E-state index contributed by atoms with van der Waals surface area (Å²) in [6.07, 6.45) is 1.47. The number of nitrogens with zero attached hydrogens (tertiary/aromatic N) is 2. The zero-order valence-corrected chi connectivity index (χ0v) is 19.4. The van der Waals surface area contributed by atoms with Crippen molar-refractivity contribution in [3.63, 3.8) is 0 Å². The first-order chi connectivity index (χ1) is 16.4. The Hall–Kier alpha value is -4.04. The zero-order valence-electron chi connectivity index (χ0n) is 18.6. The normalized spacial score (nSPS) is 10.8. The van der Waals surface area contributed by atoms with Gasteiger partial charge in [-0.1, -0.05) is 43.6 Å². The summed E-state index contributed by atoms with van der Waals surface area (Å²) < 4.78 is 12.8. The second-order valence-corrected chi connectivity index (χ2v) is 8.20. The van der Waals surface area contributed by atoms with E-state index in [0.29, 0.717) is 27.8 Å². The van der Waals surface area contributed by atoms with E-state index in [0.717, 1.165) is 5.69 Å². The Bertz CT molecular complexity index is 1280. The topological polar surface area (TPSA) is 98.4 Å². The lowest BCUT2D eigenvalue weighted by molar-refractivity contribution is 0.0828. The first kappa shape index (κ1) is 23.1. The van der Waals surface area contributed by atoms with Crippen LogP contribution in [0.3, 0.4) is 0 Å². The Labute approximate surface area is 201 Å². The van der Waals surface area contributed by atoms with Crippen LogP contribution in [0.4, 0.5) is 0 Å². The highest BCUT2D eigenvalue weighted by Crippen LogP contribution is 2.24. The summed E-state index contributed by atoms with van der Waals surface area (Å²) in [5.41, 5.74) is 6.63. The van der Waals surface area contributed by atoms with Crippen LogP contribution < -0.4 is 15.6 Å². The van der Waals surface area contributed by atoms with Crippen LogP contribution >= 0.6 is 11.6 Å². The molecule has 4 rings (SSSR count). The molecule has 0 fully saturated rings. The van der Waals surface area contributed by atoms with E-state index >= 15 is 0 Å². The maximum Gasteiger partial charge on any atom is 0.305 e. The molecule has 0 saturated carbocycles. The Morgan fingerprint density at radius 2 is 1.71 bits per heavy atom. The number of hydrogen-bond acceptors (Lipinski definition) is 5. The summed E-state index contributed by atoms with van der Waals surface area (Å²) in [6.45, 7) is 4.09. The highest BCUT2D eigenvalue weighted by molar-refractivity contribution is 6.30. The first-order valence-corrected chi connectivity index (χ1v) is 11.0. The largest absolute Gasteiger partial charge is 0.486 e. The Balaban J connectivity index is 1.39. The van der Waals surface area contributed by atoms with Gasteiger partial charge in [-0.3, -0.25) is 20.4 Å². The van der Waals surface area contributed by atoms with E-state index in [4.69, 9.17) is 20.8 Å². The van der Waals surface area contributed by atoms with E-state index in [1.807, 2.05) is 56.3 Å². The molecule has 2 N–H and O–H groups in total. The van der Waals surface area contributed by atoms with Crippen LogP contribution in [-0.2, 0) is 6.61 Å². The molecule has 0 aliphatic rings. The molecule has 0 aliphatic carbocycles. The van der Waals surface area contributed by atoms with Gasteiger partial charge < -0.3 is 9.15 Å². The summed E-state index contributed by atoms with van der Waals surface area (Å²) >= 11 is 5.98. The van der Waals surface area contributed by atoms with Gasteiger partial charge in [0.15, 0.2) is 5.76 Å². The standard InChI is InChI=1S/C25H23ClN4O4/c1-16(2)23-21(14-27-30(23)18-10-8-17(26)9-11-18)24(31)28-29-25(32)22-13-12-20(34-22)15-33-19-6-4-3-5-7-19/h3-14,16H,15H2,1-2H3,(H,28,31)(H,29,32). The Morgan fingerprint density at radius 1 is 1.00 bits per heavy atom. The molecule has 34 heavy (non-hydrogen) atoms. The molecule has 0 radical (unpaired) electrons. The number of nitrogens with one attached hydrogen (secondary N) is 2.